The number of nitrogens with one attached hydrogen (secondary N) is 1. The highest BCUT2D eigenvalue weighted by molar-refractivity contribution is 7.21. The van der Waals surface area contributed by atoms with Crippen molar-refractivity contribution in [1.29, 1.82) is 0 Å². The minimum Gasteiger partial charge on any atom is -0.393 e. The standard InChI is InChI=1S/C20H14N4O3S/c21-15-9-8-12(11-17(15)24(26)27)19(25)22-14-5-3-4-13(10-14)20-23-16-6-1-2-7-18(16)28-20/h1-11H,21H2,(H,22,25). The minimum absolute atomic E-state index is 0.0133. The lowest BCUT2D eigenvalue weighted by atomic mass is 10.1. The predicted octanol–water partition coefficient (Wildman–Crippen LogP) is 4.71. The third-order valence-corrected chi connectivity index (χ3v) is 5.24. The minimum atomic E-state index is -0.611. The van der Waals surface area contributed by atoms with Crippen molar-refractivity contribution >= 4 is 44.5 Å². The Labute approximate surface area is 163 Å². The van der Waals surface area contributed by atoms with Gasteiger partial charge >= 0.3 is 0 Å². The van der Waals surface area contributed by atoms with Gasteiger partial charge in [0.2, 0.25) is 0 Å². The van der Waals surface area contributed by atoms with Crippen LogP contribution in [0.15, 0.2) is 66.7 Å². The van der Waals surface area contributed by atoms with Gasteiger partial charge in [-0.05, 0) is 36.4 Å². The second kappa shape index (κ2) is 7.09. The molecular formula is C20H14N4O3S. The number of thiazole rings is 1. The lowest BCUT2D eigenvalue weighted by molar-refractivity contribution is -0.383. The fraction of sp³-hybridized carbons (Fsp3) is 0. The number of amides is 1. The summed E-state index contributed by atoms with van der Waals surface area (Å²) in [6.45, 7) is 0. The van der Waals surface area contributed by atoms with E-state index in [2.05, 4.69) is 10.3 Å². The SMILES string of the molecule is Nc1ccc(C(=O)Nc2cccc(-c3nc4ccccc4s3)c2)cc1[N+](=O)[O-]. The Morgan fingerprint density at radius 1 is 1.07 bits per heavy atom. The molecule has 0 aliphatic rings. The molecule has 4 aromatic rings. The van der Waals surface area contributed by atoms with Crippen LogP contribution in [0.2, 0.25) is 0 Å². The van der Waals surface area contributed by atoms with E-state index in [9.17, 15) is 14.9 Å². The molecule has 1 amide bonds. The van der Waals surface area contributed by atoms with E-state index in [1.54, 1.807) is 17.4 Å². The highest BCUT2D eigenvalue weighted by atomic mass is 32.1. The number of nitro groups is 1. The van der Waals surface area contributed by atoms with Gasteiger partial charge in [0.1, 0.15) is 10.7 Å². The van der Waals surface area contributed by atoms with E-state index in [1.807, 2.05) is 42.5 Å². The van der Waals surface area contributed by atoms with Gasteiger partial charge in [0.15, 0.2) is 0 Å². The maximum Gasteiger partial charge on any atom is 0.292 e. The monoisotopic (exact) mass is 390 g/mol. The Morgan fingerprint density at radius 3 is 2.68 bits per heavy atom. The van der Waals surface area contributed by atoms with Crippen molar-refractivity contribution in [3.63, 3.8) is 0 Å². The van der Waals surface area contributed by atoms with Crippen LogP contribution >= 0.6 is 11.3 Å². The molecule has 0 aliphatic carbocycles. The number of rotatable bonds is 4. The van der Waals surface area contributed by atoms with E-state index in [4.69, 9.17) is 5.73 Å². The number of anilines is 2. The maximum atomic E-state index is 12.5. The van der Waals surface area contributed by atoms with Crippen LogP contribution in [-0.2, 0) is 0 Å². The van der Waals surface area contributed by atoms with E-state index in [0.29, 0.717) is 5.69 Å². The third kappa shape index (κ3) is 3.40. The quantitative estimate of drug-likeness (QED) is 0.298. The molecule has 1 aromatic heterocycles. The summed E-state index contributed by atoms with van der Waals surface area (Å²) < 4.78 is 1.08. The van der Waals surface area contributed by atoms with Gasteiger partial charge in [-0.25, -0.2) is 4.98 Å². The van der Waals surface area contributed by atoms with Gasteiger partial charge in [-0.1, -0.05) is 24.3 Å². The molecule has 4 rings (SSSR count). The number of carbonyl (C=O) groups is 1. The van der Waals surface area contributed by atoms with Gasteiger partial charge in [-0.3, -0.25) is 14.9 Å². The molecule has 3 aromatic carbocycles. The average Bonchev–Trinajstić information content (AvgIpc) is 3.12. The van der Waals surface area contributed by atoms with Gasteiger partial charge in [-0.2, -0.15) is 0 Å². The molecule has 0 fully saturated rings. The zero-order valence-corrected chi connectivity index (χ0v) is 15.3. The molecule has 1 heterocycles. The summed E-state index contributed by atoms with van der Waals surface area (Å²) >= 11 is 1.57. The Balaban J connectivity index is 1.60. The van der Waals surface area contributed by atoms with Crippen LogP contribution in [0.4, 0.5) is 17.1 Å². The second-order valence-electron chi connectivity index (χ2n) is 6.05. The number of carbonyl (C=O) groups excluding carboxylic acids is 1. The molecule has 0 bridgehead atoms. The summed E-state index contributed by atoms with van der Waals surface area (Å²) in [5.74, 6) is -0.454. The van der Waals surface area contributed by atoms with Crippen molar-refractivity contribution in [2.45, 2.75) is 0 Å². The third-order valence-electron chi connectivity index (χ3n) is 4.15. The average molecular weight is 390 g/mol. The molecule has 0 aliphatic heterocycles. The van der Waals surface area contributed by atoms with Gasteiger partial charge in [0.05, 0.1) is 15.1 Å². The maximum absolute atomic E-state index is 12.5. The number of nitro benzene ring substituents is 1. The number of benzene rings is 3. The molecule has 0 atom stereocenters. The summed E-state index contributed by atoms with van der Waals surface area (Å²) in [6, 6.07) is 19.2. The Morgan fingerprint density at radius 2 is 1.89 bits per heavy atom. The number of nitrogen functional groups attached to an aromatic ring is 1. The van der Waals surface area contributed by atoms with Crippen molar-refractivity contribution in [2.24, 2.45) is 0 Å². The number of nitrogens with zero attached hydrogens (tertiary/aromatic N) is 2. The first-order chi connectivity index (χ1) is 13.5. The first-order valence-corrected chi connectivity index (χ1v) is 9.14. The van der Waals surface area contributed by atoms with Crippen molar-refractivity contribution in [3.8, 4) is 10.6 Å². The zero-order chi connectivity index (χ0) is 19.7. The number of para-hydroxylation sites is 1. The van der Waals surface area contributed by atoms with Crippen LogP contribution in [0.25, 0.3) is 20.8 Å². The normalized spacial score (nSPS) is 10.7. The summed E-state index contributed by atoms with van der Waals surface area (Å²) in [7, 11) is 0. The van der Waals surface area contributed by atoms with E-state index in [-0.39, 0.29) is 16.9 Å². The molecule has 8 heteroatoms. The predicted molar refractivity (Wildman–Crippen MR) is 111 cm³/mol. The summed E-state index contributed by atoms with van der Waals surface area (Å²) in [4.78, 5) is 27.5. The Hall–Kier alpha value is -3.78. The van der Waals surface area contributed by atoms with Gasteiger partial charge < -0.3 is 11.1 Å². The zero-order valence-electron chi connectivity index (χ0n) is 14.5. The van der Waals surface area contributed by atoms with E-state index in [1.165, 1.54) is 18.2 Å². The molecule has 28 heavy (non-hydrogen) atoms. The van der Waals surface area contributed by atoms with Crippen LogP contribution in [0.1, 0.15) is 10.4 Å². The van der Waals surface area contributed by atoms with Crippen LogP contribution in [-0.4, -0.2) is 15.8 Å². The number of aromatic nitrogens is 1. The van der Waals surface area contributed by atoms with E-state index in [0.717, 1.165) is 20.8 Å². The second-order valence-corrected chi connectivity index (χ2v) is 7.08. The van der Waals surface area contributed by atoms with Crippen molar-refractivity contribution < 1.29 is 9.72 Å². The van der Waals surface area contributed by atoms with Crippen LogP contribution in [0.5, 0.6) is 0 Å². The van der Waals surface area contributed by atoms with E-state index >= 15 is 0 Å². The highest BCUT2D eigenvalue weighted by Gasteiger charge is 2.16. The Kier molecular flexibility index (Phi) is 4.46. The molecule has 0 spiro atoms. The fourth-order valence-corrected chi connectivity index (χ4v) is 3.73. The van der Waals surface area contributed by atoms with Crippen molar-refractivity contribution in [2.75, 3.05) is 11.1 Å². The van der Waals surface area contributed by atoms with Crippen LogP contribution in [0, 0.1) is 10.1 Å². The van der Waals surface area contributed by atoms with Crippen molar-refractivity contribution in [1.82, 2.24) is 4.98 Å². The van der Waals surface area contributed by atoms with E-state index < -0.39 is 10.8 Å². The lowest BCUT2D eigenvalue weighted by Crippen LogP contribution is -2.12. The number of hydrogen-bond acceptors (Lipinski definition) is 6. The van der Waals surface area contributed by atoms with Gasteiger partial charge in [0.25, 0.3) is 11.6 Å². The molecule has 3 N–H and O–H groups in total. The molecule has 138 valence electrons. The Bertz CT molecular complexity index is 1190. The summed E-state index contributed by atoms with van der Waals surface area (Å²) in [5.41, 5.74) is 7.83. The van der Waals surface area contributed by atoms with Gasteiger partial charge in [-0.15, -0.1) is 11.3 Å². The molecule has 0 saturated heterocycles. The summed E-state index contributed by atoms with van der Waals surface area (Å²) in [6.07, 6.45) is 0. The molecule has 0 radical (unpaired) electrons. The molecule has 7 nitrogen and oxygen atoms in total. The fourth-order valence-electron chi connectivity index (χ4n) is 2.77. The van der Waals surface area contributed by atoms with Crippen LogP contribution < -0.4 is 11.1 Å². The largest absolute Gasteiger partial charge is 0.393 e. The van der Waals surface area contributed by atoms with Crippen molar-refractivity contribution in [3.05, 3.63) is 82.4 Å². The van der Waals surface area contributed by atoms with Gasteiger partial charge in [0, 0.05) is 22.9 Å². The lowest BCUT2D eigenvalue weighted by Gasteiger charge is -2.07. The molecular weight excluding hydrogens is 376 g/mol. The van der Waals surface area contributed by atoms with Crippen LogP contribution in [0.3, 0.4) is 0 Å². The number of fused-ring (bicyclic) bond motifs is 1. The molecule has 0 saturated carbocycles. The number of hydrogen-bond donors (Lipinski definition) is 2. The summed E-state index contributed by atoms with van der Waals surface area (Å²) in [5, 5.41) is 14.6. The number of nitrogens with two attached hydrogens (primary N) is 1. The highest BCUT2D eigenvalue weighted by Crippen LogP contribution is 2.31. The first kappa shape index (κ1) is 17.6. The molecule has 0 unspecified atom stereocenters. The smallest absolute Gasteiger partial charge is 0.292 e. The topological polar surface area (TPSA) is 111 Å². The first-order valence-electron chi connectivity index (χ1n) is 8.32.